The van der Waals surface area contributed by atoms with Crippen molar-refractivity contribution in [3.05, 3.63) is 63.7 Å². The van der Waals surface area contributed by atoms with E-state index in [0.717, 1.165) is 5.56 Å². The molecule has 0 saturated heterocycles. The molecular formula is C17H18N2O5S. The fourth-order valence-corrected chi connectivity index (χ4v) is 3.50. The molecule has 25 heavy (non-hydrogen) atoms. The molecule has 2 aromatic rings. The van der Waals surface area contributed by atoms with Crippen LogP contribution in [0.5, 0.6) is 0 Å². The summed E-state index contributed by atoms with van der Waals surface area (Å²) in [6.45, 7) is 3.38. The predicted molar refractivity (Wildman–Crippen MR) is 94.3 cm³/mol. The van der Waals surface area contributed by atoms with Gasteiger partial charge in [-0.15, -0.1) is 0 Å². The Labute approximate surface area is 145 Å². The van der Waals surface area contributed by atoms with Crippen molar-refractivity contribution >= 4 is 27.1 Å². The Morgan fingerprint density at radius 1 is 1.12 bits per heavy atom. The van der Waals surface area contributed by atoms with Gasteiger partial charge in [-0.1, -0.05) is 23.8 Å². The fraction of sp³-hybridized carbons (Fsp3) is 0.235. The Hall–Kier alpha value is -2.74. The topological polar surface area (TPSA) is 106 Å². The Bertz CT molecular complexity index is 905. The number of hydrogen-bond donors (Lipinski definition) is 1. The Morgan fingerprint density at radius 2 is 1.76 bits per heavy atom. The van der Waals surface area contributed by atoms with Crippen molar-refractivity contribution in [1.29, 1.82) is 0 Å². The summed E-state index contributed by atoms with van der Waals surface area (Å²) >= 11 is 0. The number of nitro groups is 1. The number of carbonyl (C=O) groups is 1. The Kier molecular flexibility index (Phi) is 5.53. The standard InChI is InChI=1S/C17H18N2O5S/c1-12-6-8-14(9-7-12)25(23,24)11-10-17(20)18-15-4-3-5-16(13(15)2)19(21)22/h3-9H,10-11H2,1-2H3,(H,18,20). The lowest BCUT2D eigenvalue weighted by Gasteiger charge is -2.09. The Morgan fingerprint density at radius 3 is 2.36 bits per heavy atom. The van der Waals surface area contributed by atoms with Crippen LogP contribution >= 0.6 is 0 Å². The Balaban J connectivity index is 2.05. The average Bonchev–Trinajstić information content (AvgIpc) is 2.55. The molecule has 2 aromatic carbocycles. The van der Waals surface area contributed by atoms with Gasteiger partial charge in [0.25, 0.3) is 5.69 Å². The highest BCUT2D eigenvalue weighted by molar-refractivity contribution is 7.91. The van der Waals surface area contributed by atoms with Crippen LogP contribution in [0.1, 0.15) is 17.5 Å². The van der Waals surface area contributed by atoms with Gasteiger partial charge in [-0.25, -0.2) is 8.42 Å². The van der Waals surface area contributed by atoms with Crippen molar-refractivity contribution in [3.8, 4) is 0 Å². The minimum atomic E-state index is -3.57. The van der Waals surface area contributed by atoms with Gasteiger partial charge in [0.05, 0.1) is 26.8 Å². The molecule has 0 bridgehead atoms. The number of aryl methyl sites for hydroxylation is 1. The second-order valence-corrected chi connectivity index (χ2v) is 7.75. The molecule has 132 valence electrons. The lowest BCUT2D eigenvalue weighted by atomic mass is 10.1. The van der Waals surface area contributed by atoms with Crippen LogP contribution in [-0.2, 0) is 14.6 Å². The highest BCUT2D eigenvalue weighted by Crippen LogP contribution is 2.25. The maximum atomic E-state index is 12.2. The summed E-state index contributed by atoms with van der Waals surface area (Å²) in [4.78, 5) is 22.6. The number of amides is 1. The van der Waals surface area contributed by atoms with E-state index in [1.807, 2.05) is 6.92 Å². The van der Waals surface area contributed by atoms with E-state index in [0.29, 0.717) is 11.3 Å². The molecule has 0 heterocycles. The number of nitrogens with zero attached hydrogens (tertiary/aromatic N) is 1. The number of benzene rings is 2. The van der Waals surface area contributed by atoms with Gasteiger partial charge >= 0.3 is 0 Å². The molecule has 0 saturated carbocycles. The molecule has 0 aromatic heterocycles. The van der Waals surface area contributed by atoms with E-state index in [1.165, 1.54) is 37.3 Å². The van der Waals surface area contributed by atoms with E-state index in [-0.39, 0.29) is 22.8 Å². The summed E-state index contributed by atoms with van der Waals surface area (Å²) in [6, 6.07) is 10.7. The van der Waals surface area contributed by atoms with Gasteiger partial charge in [-0.2, -0.15) is 0 Å². The molecule has 1 amide bonds. The smallest absolute Gasteiger partial charge is 0.274 e. The number of sulfone groups is 1. The molecule has 0 fully saturated rings. The van der Waals surface area contributed by atoms with E-state index < -0.39 is 20.7 Å². The number of carbonyl (C=O) groups excluding carboxylic acids is 1. The maximum Gasteiger partial charge on any atom is 0.274 e. The number of rotatable bonds is 6. The summed E-state index contributed by atoms with van der Waals surface area (Å²) in [5.74, 6) is -0.852. The van der Waals surface area contributed by atoms with Crippen LogP contribution in [0, 0.1) is 24.0 Å². The van der Waals surface area contributed by atoms with Crippen LogP contribution in [0.2, 0.25) is 0 Å². The van der Waals surface area contributed by atoms with Crippen molar-refractivity contribution in [2.24, 2.45) is 0 Å². The largest absolute Gasteiger partial charge is 0.326 e. The molecule has 0 aliphatic rings. The van der Waals surface area contributed by atoms with Crippen molar-refractivity contribution in [2.75, 3.05) is 11.1 Å². The highest BCUT2D eigenvalue weighted by atomic mass is 32.2. The van der Waals surface area contributed by atoms with E-state index in [1.54, 1.807) is 12.1 Å². The lowest BCUT2D eigenvalue weighted by Crippen LogP contribution is -2.18. The van der Waals surface area contributed by atoms with E-state index >= 15 is 0 Å². The number of anilines is 1. The molecule has 0 aliphatic carbocycles. The fourth-order valence-electron chi connectivity index (χ4n) is 2.26. The SMILES string of the molecule is Cc1ccc(S(=O)(=O)CCC(=O)Nc2cccc([N+](=O)[O-])c2C)cc1. The first kappa shape index (κ1) is 18.6. The van der Waals surface area contributed by atoms with Gasteiger partial charge in [0.2, 0.25) is 5.91 Å². The van der Waals surface area contributed by atoms with Crippen LogP contribution in [0.25, 0.3) is 0 Å². The van der Waals surface area contributed by atoms with Gasteiger partial charge in [0.15, 0.2) is 9.84 Å². The summed E-state index contributed by atoms with van der Waals surface area (Å²) < 4.78 is 24.5. The second-order valence-electron chi connectivity index (χ2n) is 5.64. The van der Waals surface area contributed by atoms with Crippen LogP contribution in [0.4, 0.5) is 11.4 Å². The molecule has 0 atom stereocenters. The third kappa shape index (κ3) is 4.63. The predicted octanol–water partition coefficient (Wildman–Crippen LogP) is 3.01. The molecule has 1 N–H and O–H groups in total. The molecular weight excluding hydrogens is 344 g/mol. The third-order valence-corrected chi connectivity index (χ3v) is 5.49. The van der Waals surface area contributed by atoms with E-state index in [4.69, 9.17) is 0 Å². The first-order valence-corrected chi connectivity index (χ1v) is 9.19. The van der Waals surface area contributed by atoms with Gasteiger partial charge in [0, 0.05) is 12.5 Å². The maximum absolute atomic E-state index is 12.2. The second kappa shape index (κ2) is 7.43. The molecule has 0 unspecified atom stereocenters. The summed E-state index contributed by atoms with van der Waals surface area (Å²) in [5, 5.41) is 13.4. The molecule has 0 radical (unpaired) electrons. The molecule has 0 aliphatic heterocycles. The third-order valence-electron chi connectivity index (χ3n) is 3.75. The van der Waals surface area contributed by atoms with Crippen molar-refractivity contribution in [2.45, 2.75) is 25.2 Å². The molecule has 7 nitrogen and oxygen atoms in total. The molecule has 8 heteroatoms. The van der Waals surface area contributed by atoms with Crippen molar-refractivity contribution in [3.63, 3.8) is 0 Å². The van der Waals surface area contributed by atoms with Crippen LogP contribution in [0.15, 0.2) is 47.4 Å². The van der Waals surface area contributed by atoms with Gasteiger partial charge < -0.3 is 5.32 Å². The quantitative estimate of drug-likeness (QED) is 0.628. The first-order chi connectivity index (χ1) is 11.7. The zero-order chi connectivity index (χ0) is 18.6. The number of hydrogen-bond acceptors (Lipinski definition) is 5. The van der Waals surface area contributed by atoms with Crippen molar-refractivity contribution in [1.82, 2.24) is 0 Å². The minimum Gasteiger partial charge on any atom is -0.326 e. The van der Waals surface area contributed by atoms with Crippen LogP contribution < -0.4 is 5.32 Å². The van der Waals surface area contributed by atoms with Gasteiger partial charge in [-0.05, 0) is 32.0 Å². The van der Waals surface area contributed by atoms with Crippen LogP contribution in [-0.4, -0.2) is 25.0 Å². The minimum absolute atomic E-state index is 0.106. The normalized spacial score (nSPS) is 11.1. The van der Waals surface area contributed by atoms with Gasteiger partial charge in [0.1, 0.15) is 0 Å². The summed E-state index contributed by atoms with van der Waals surface area (Å²) in [6.07, 6.45) is -0.238. The van der Waals surface area contributed by atoms with Crippen molar-refractivity contribution < 1.29 is 18.1 Å². The monoisotopic (exact) mass is 362 g/mol. The first-order valence-electron chi connectivity index (χ1n) is 7.54. The summed E-state index contributed by atoms with van der Waals surface area (Å²) in [7, 11) is -3.57. The van der Waals surface area contributed by atoms with E-state index in [2.05, 4.69) is 5.32 Å². The van der Waals surface area contributed by atoms with E-state index in [9.17, 15) is 23.3 Å². The summed E-state index contributed by atoms with van der Waals surface area (Å²) in [5.41, 5.74) is 1.46. The average molecular weight is 362 g/mol. The highest BCUT2D eigenvalue weighted by Gasteiger charge is 2.18. The van der Waals surface area contributed by atoms with Gasteiger partial charge in [-0.3, -0.25) is 14.9 Å². The molecule has 2 rings (SSSR count). The molecule has 0 spiro atoms. The number of nitrogens with one attached hydrogen (secondary N) is 1. The van der Waals surface area contributed by atoms with Crippen LogP contribution in [0.3, 0.4) is 0 Å². The lowest BCUT2D eigenvalue weighted by molar-refractivity contribution is -0.385. The number of nitro benzene ring substituents is 1. The zero-order valence-corrected chi connectivity index (χ0v) is 14.7. The zero-order valence-electron chi connectivity index (χ0n) is 13.9.